The monoisotopic (exact) mass is 345 g/mol. The molecule has 0 atom stereocenters. The van der Waals surface area contributed by atoms with E-state index in [0.29, 0.717) is 19.0 Å². The number of rotatable bonds is 7. The summed E-state index contributed by atoms with van der Waals surface area (Å²) in [5.41, 5.74) is 1.21. The summed E-state index contributed by atoms with van der Waals surface area (Å²) in [6.45, 7) is 3.42. The average Bonchev–Trinajstić information content (AvgIpc) is 3.01. The first kappa shape index (κ1) is 17.9. The number of nitrogens with one attached hydrogen (secondary N) is 3. The lowest BCUT2D eigenvalue weighted by atomic mass is 10.1. The van der Waals surface area contributed by atoms with Crippen molar-refractivity contribution in [2.75, 3.05) is 20.1 Å². The van der Waals surface area contributed by atoms with Crippen LogP contribution in [-0.4, -0.2) is 37.0 Å². The van der Waals surface area contributed by atoms with Crippen molar-refractivity contribution in [2.45, 2.75) is 19.9 Å². The third-order valence-corrected chi connectivity index (χ3v) is 4.21. The topological polar surface area (TPSA) is 78.4 Å². The molecule has 128 valence electrons. The van der Waals surface area contributed by atoms with Crippen LogP contribution in [0.5, 0.6) is 0 Å². The highest BCUT2D eigenvalue weighted by Gasteiger charge is 2.04. The molecule has 0 saturated carbocycles. The van der Waals surface area contributed by atoms with E-state index >= 15 is 0 Å². The lowest BCUT2D eigenvalue weighted by Crippen LogP contribution is -2.43. The molecular formula is C17H23N5OS. The highest BCUT2D eigenvalue weighted by atomic mass is 32.1. The van der Waals surface area contributed by atoms with Gasteiger partial charge in [0.15, 0.2) is 5.96 Å². The highest BCUT2D eigenvalue weighted by molar-refractivity contribution is 7.11. The van der Waals surface area contributed by atoms with E-state index in [1.54, 1.807) is 18.4 Å². The number of benzene rings is 1. The molecule has 0 bridgehead atoms. The number of thiazole rings is 1. The van der Waals surface area contributed by atoms with Gasteiger partial charge in [-0.05, 0) is 18.9 Å². The fraction of sp³-hybridized carbons (Fsp3) is 0.353. The minimum absolute atomic E-state index is 0.0565. The SMILES string of the molecule is CN=C(NCC(=O)NCCc1ccccc1)NCc1ncc(C)s1. The molecule has 0 aliphatic carbocycles. The molecule has 3 N–H and O–H groups in total. The summed E-state index contributed by atoms with van der Waals surface area (Å²) in [4.78, 5) is 21.4. The van der Waals surface area contributed by atoms with Crippen molar-refractivity contribution in [2.24, 2.45) is 4.99 Å². The standard InChI is InChI=1S/C17H23N5OS/c1-13-10-20-16(24-13)12-22-17(18-2)21-11-15(23)19-9-8-14-6-4-3-5-7-14/h3-7,10H,8-9,11-12H2,1-2H3,(H,19,23)(H2,18,21,22). The van der Waals surface area contributed by atoms with Crippen LogP contribution in [0.15, 0.2) is 41.5 Å². The first-order valence-corrected chi connectivity index (χ1v) is 8.65. The first-order chi connectivity index (χ1) is 11.7. The lowest BCUT2D eigenvalue weighted by molar-refractivity contribution is -0.119. The Morgan fingerprint density at radius 2 is 2.00 bits per heavy atom. The van der Waals surface area contributed by atoms with Gasteiger partial charge in [-0.25, -0.2) is 4.98 Å². The normalized spacial score (nSPS) is 11.2. The number of guanidine groups is 1. The van der Waals surface area contributed by atoms with E-state index in [4.69, 9.17) is 0 Å². The molecule has 1 heterocycles. The van der Waals surface area contributed by atoms with E-state index < -0.39 is 0 Å². The fourth-order valence-corrected chi connectivity index (χ4v) is 2.81. The van der Waals surface area contributed by atoms with E-state index in [1.807, 2.05) is 31.3 Å². The van der Waals surface area contributed by atoms with E-state index in [2.05, 4.69) is 38.1 Å². The van der Waals surface area contributed by atoms with Gasteiger partial charge in [0.05, 0.1) is 13.1 Å². The number of hydrogen-bond donors (Lipinski definition) is 3. The Morgan fingerprint density at radius 1 is 1.21 bits per heavy atom. The molecular weight excluding hydrogens is 322 g/mol. The van der Waals surface area contributed by atoms with Crippen molar-refractivity contribution in [1.29, 1.82) is 0 Å². The predicted octanol–water partition coefficient (Wildman–Crippen LogP) is 1.48. The van der Waals surface area contributed by atoms with Crippen LogP contribution >= 0.6 is 11.3 Å². The Hall–Kier alpha value is -2.41. The summed E-state index contributed by atoms with van der Waals surface area (Å²) >= 11 is 1.64. The number of amides is 1. The maximum absolute atomic E-state index is 11.9. The van der Waals surface area contributed by atoms with Gasteiger partial charge in [0.25, 0.3) is 0 Å². The summed E-state index contributed by atoms with van der Waals surface area (Å²) in [6, 6.07) is 10.1. The van der Waals surface area contributed by atoms with Gasteiger partial charge in [0, 0.05) is 24.7 Å². The zero-order valence-electron chi connectivity index (χ0n) is 14.0. The molecule has 0 radical (unpaired) electrons. The molecule has 0 aliphatic rings. The molecule has 1 aromatic heterocycles. The van der Waals surface area contributed by atoms with Crippen molar-refractivity contribution in [3.8, 4) is 0 Å². The van der Waals surface area contributed by atoms with Crippen LogP contribution in [0.4, 0.5) is 0 Å². The van der Waals surface area contributed by atoms with Gasteiger partial charge in [0.2, 0.25) is 5.91 Å². The van der Waals surface area contributed by atoms with Crippen LogP contribution in [-0.2, 0) is 17.8 Å². The third kappa shape index (κ3) is 6.37. The number of nitrogens with zero attached hydrogens (tertiary/aromatic N) is 2. The summed E-state index contributed by atoms with van der Waals surface area (Å²) in [7, 11) is 1.68. The first-order valence-electron chi connectivity index (χ1n) is 7.84. The van der Waals surface area contributed by atoms with Gasteiger partial charge in [0.1, 0.15) is 5.01 Å². The van der Waals surface area contributed by atoms with Gasteiger partial charge in [-0.15, -0.1) is 11.3 Å². The second kappa shape index (κ2) is 9.67. The Morgan fingerprint density at radius 3 is 2.67 bits per heavy atom. The number of aryl methyl sites for hydroxylation is 1. The van der Waals surface area contributed by atoms with Gasteiger partial charge >= 0.3 is 0 Å². The van der Waals surface area contributed by atoms with Crippen LogP contribution in [0.25, 0.3) is 0 Å². The number of carbonyl (C=O) groups is 1. The number of aromatic nitrogens is 1. The Kier molecular flexibility index (Phi) is 7.22. The molecule has 1 amide bonds. The molecule has 0 spiro atoms. The molecule has 0 fully saturated rings. The van der Waals surface area contributed by atoms with Crippen molar-refractivity contribution >= 4 is 23.2 Å². The van der Waals surface area contributed by atoms with Crippen LogP contribution in [0.3, 0.4) is 0 Å². The fourth-order valence-electron chi connectivity index (χ4n) is 2.08. The number of hydrogen-bond acceptors (Lipinski definition) is 4. The van der Waals surface area contributed by atoms with Gasteiger partial charge in [-0.1, -0.05) is 30.3 Å². The minimum atomic E-state index is -0.0565. The zero-order chi connectivity index (χ0) is 17.2. The van der Waals surface area contributed by atoms with Gasteiger partial charge in [-0.3, -0.25) is 9.79 Å². The quantitative estimate of drug-likeness (QED) is 0.525. The zero-order valence-corrected chi connectivity index (χ0v) is 14.8. The van der Waals surface area contributed by atoms with Crippen molar-refractivity contribution < 1.29 is 4.79 Å². The average molecular weight is 345 g/mol. The number of carbonyl (C=O) groups excluding carboxylic acids is 1. The lowest BCUT2D eigenvalue weighted by Gasteiger charge is -2.11. The Labute approximate surface area is 146 Å². The maximum atomic E-state index is 11.9. The van der Waals surface area contributed by atoms with E-state index in [-0.39, 0.29) is 12.5 Å². The molecule has 0 saturated heterocycles. The molecule has 2 rings (SSSR count). The van der Waals surface area contributed by atoms with Crippen molar-refractivity contribution in [3.63, 3.8) is 0 Å². The molecule has 1 aromatic carbocycles. The summed E-state index contributed by atoms with van der Waals surface area (Å²) in [5.74, 6) is 0.528. The summed E-state index contributed by atoms with van der Waals surface area (Å²) in [6.07, 6.45) is 2.67. The Bertz CT molecular complexity index is 669. The number of aliphatic imine (C=N–C) groups is 1. The summed E-state index contributed by atoms with van der Waals surface area (Å²) < 4.78 is 0. The second-order valence-corrected chi connectivity index (χ2v) is 6.55. The van der Waals surface area contributed by atoms with Crippen LogP contribution in [0.1, 0.15) is 15.4 Å². The third-order valence-electron chi connectivity index (χ3n) is 3.29. The smallest absolute Gasteiger partial charge is 0.239 e. The molecule has 2 aromatic rings. The largest absolute Gasteiger partial charge is 0.354 e. The minimum Gasteiger partial charge on any atom is -0.354 e. The van der Waals surface area contributed by atoms with Crippen molar-refractivity contribution in [1.82, 2.24) is 20.9 Å². The van der Waals surface area contributed by atoms with Gasteiger partial charge in [-0.2, -0.15) is 0 Å². The van der Waals surface area contributed by atoms with E-state index in [1.165, 1.54) is 10.4 Å². The molecule has 0 aliphatic heterocycles. The molecule has 7 heteroatoms. The highest BCUT2D eigenvalue weighted by Crippen LogP contribution is 2.10. The van der Waals surface area contributed by atoms with Crippen LogP contribution in [0, 0.1) is 6.92 Å². The molecule has 24 heavy (non-hydrogen) atoms. The van der Waals surface area contributed by atoms with Crippen LogP contribution in [0.2, 0.25) is 0 Å². The molecule has 0 unspecified atom stereocenters. The maximum Gasteiger partial charge on any atom is 0.239 e. The van der Waals surface area contributed by atoms with E-state index in [0.717, 1.165) is 11.4 Å². The van der Waals surface area contributed by atoms with Crippen LogP contribution < -0.4 is 16.0 Å². The Balaban J connectivity index is 1.64. The van der Waals surface area contributed by atoms with Crippen molar-refractivity contribution in [3.05, 3.63) is 52.0 Å². The molecule has 6 nitrogen and oxygen atoms in total. The second-order valence-electron chi connectivity index (χ2n) is 5.23. The van der Waals surface area contributed by atoms with E-state index in [9.17, 15) is 4.79 Å². The van der Waals surface area contributed by atoms with Gasteiger partial charge < -0.3 is 16.0 Å². The predicted molar refractivity (Wildman–Crippen MR) is 98.2 cm³/mol. The summed E-state index contributed by atoms with van der Waals surface area (Å²) in [5, 5.41) is 10.0.